The van der Waals surface area contributed by atoms with Crippen LogP contribution in [0.2, 0.25) is 0 Å². The van der Waals surface area contributed by atoms with Crippen LogP contribution in [0, 0.1) is 19.8 Å². The van der Waals surface area contributed by atoms with Crippen molar-refractivity contribution in [2.75, 3.05) is 6.61 Å². The molecule has 0 fully saturated rings. The number of aliphatic hydroxyl groups is 1. The number of nitrogens with zero attached hydrogens (tertiary/aromatic N) is 1. The lowest BCUT2D eigenvalue weighted by Gasteiger charge is -2.13. The molecule has 1 aliphatic carbocycles. The second-order valence-electron chi connectivity index (χ2n) is 4.74. The lowest BCUT2D eigenvalue weighted by molar-refractivity contribution is 0.231. The molecule has 3 N–H and O–H groups in total. The molecule has 1 heterocycles. The highest BCUT2D eigenvalue weighted by Gasteiger charge is 2.19. The van der Waals surface area contributed by atoms with Gasteiger partial charge >= 0.3 is 6.03 Å². The van der Waals surface area contributed by atoms with Gasteiger partial charge in [0.05, 0.1) is 17.2 Å². The third-order valence-electron chi connectivity index (χ3n) is 3.13. The standard InChI is InChI=1S/C13H19N3O2S/c1-8-12(19-9(2)15-8)6-14-13(18)16-11-4-3-10(5-11)7-17/h3-4,10-11,17H,5-7H2,1-2H3,(H2,14,16,18)/t10-,11+/m0/s1. The summed E-state index contributed by atoms with van der Waals surface area (Å²) in [7, 11) is 0. The Kier molecular flexibility index (Phi) is 4.55. The summed E-state index contributed by atoms with van der Waals surface area (Å²) in [5.74, 6) is 0.164. The minimum absolute atomic E-state index is 0.0152. The van der Waals surface area contributed by atoms with E-state index in [0.29, 0.717) is 6.54 Å². The van der Waals surface area contributed by atoms with Crippen LogP contribution in [0.5, 0.6) is 0 Å². The van der Waals surface area contributed by atoms with Gasteiger partial charge in [-0.3, -0.25) is 0 Å². The summed E-state index contributed by atoms with van der Waals surface area (Å²) < 4.78 is 0. The van der Waals surface area contributed by atoms with E-state index >= 15 is 0 Å². The SMILES string of the molecule is Cc1nc(C)c(CNC(=O)N[C@@H]2C=C[C@H](CO)C2)s1. The number of aryl methyl sites for hydroxylation is 2. The number of thiazole rings is 1. The average Bonchev–Trinajstić information content (AvgIpc) is 2.93. The predicted molar refractivity (Wildman–Crippen MR) is 75.1 cm³/mol. The molecule has 0 radical (unpaired) electrons. The highest BCUT2D eigenvalue weighted by molar-refractivity contribution is 7.11. The summed E-state index contributed by atoms with van der Waals surface area (Å²) in [6, 6.07) is -0.167. The Morgan fingerprint density at radius 1 is 1.53 bits per heavy atom. The number of aliphatic hydroxyl groups excluding tert-OH is 1. The van der Waals surface area contributed by atoms with E-state index in [1.807, 2.05) is 26.0 Å². The maximum Gasteiger partial charge on any atom is 0.315 e. The van der Waals surface area contributed by atoms with E-state index < -0.39 is 0 Å². The van der Waals surface area contributed by atoms with Crippen LogP contribution in [0.25, 0.3) is 0 Å². The Bertz CT molecular complexity index is 484. The third-order valence-corrected chi connectivity index (χ3v) is 4.21. The molecule has 5 nitrogen and oxygen atoms in total. The second-order valence-corrected chi connectivity index (χ2v) is 6.03. The monoisotopic (exact) mass is 281 g/mol. The van der Waals surface area contributed by atoms with Gasteiger partial charge in [0.15, 0.2) is 0 Å². The first-order valence-electron chi connectivity index (χ1n) is 6.35. The summed E-state index contributed by atoms with van der Waals surface area (Å²) >= 11 is 1.60. The molecule has 0 saturated carbocycles. The Morgan fingerprint density at radius 3 is 2.89 bits per heavy atom. The first kappa shape index (κ1) is 14.0. The molecule has 0 saturated heterocycles. The van der Waals surface area contributed by atoms with Crippen LogP contribution in [-0.4, -0.2) is 28.8 Å². The molecular weight excluding hydrogens is 262 g/mol. The van der Waals surface area contributed by atoms with Gasteiger partial charge in [-0.15, -0.1) is 11.3 Å². The first-order valence-corrected chi connectivity index (χ1v) is 7.16. The molecule has 1 aromatic rings. The molecule has 0 spiro atoms. The number of hydrogen-bond donors (Lipinski definition) is 3. The molecule has 2 rings (SSSR count). The molecule has 0 aliphatic heterocycles. The normalized spacial score (nSPS) is 21.6. The zero-order valence-electron chi connectivity index (χ0n) is 11.1. The summed E-state index contributed by atoms with van der Waals surface area (Å²) in [6.07, 6.45) is 4.65. The number of hydrogen-bond acceptors (Lipinski definition) is 4. The van der Waals surface area contributed by atoms with Gasteiger partial charge in [0.25, 0.3) is 0 Å². The van der Waals surface area contributed by atoms with Crippen molar-refractivity contribution in [1.29, 1.82) is 0 Å². The fourth-order valence-corrected chi connectivity index (χ4v) is 3.01. The van der Waals surface area contributed by atoms with Gasteiger partial charge in [0.1, 0.15) is 0 Å². The number of aromatic nitrogens is 1. The number of amides is 2. The minimum Gasteiger partial charge on any atom is -0.396 e. The van der Waals surface area contributed by atoms with E-state index in [2.05, 4.69) is 15.6 Å². The van der Waals surface area contributed by atoms with Gasteiger partial charge in [0.2, 0.25) is 0 Å². The number of urea groups is 1. The Labute approximate surface area is 116 Å². The van der Waals surface area contributed by atoms with E-state index in [1.165, 1.54) is 0 Å². The number of carbonyl (C=O) groups excluding carboxylic acids is 1. The molecule has 1 aliphatic rings. The molecule has 6 heteroatoms. The molecule has 2 atom stereocenters. The smallest absolute Gasteiger partial charge is 0.315 e. The lowest BCUT2D eigenvalue weighted by atomic mass is 10.1. The quantitative estimate of drug-likeness (QED) is 0.732. The zero-order valence-corrected chi connectivity index (χ0v) is 12.0. The molecule has 104 valence electrons. The minimum atomic E-state index is -0.182. The van der Waals surface area contributed by atoms with Crippen molar-refractivity contribution in [2.45, 2.75) is 32.9 Å². The summed E-state index contributed by atoms with van der Waals surface area (Å²) in [6.45, 7) is 4.54. The maximum absolute atomic E-state index is 11.8. The van der Waals surface area contributed by atoms with E-state index in [9.17, 15) is 4.79 Å². The number of rotatable bonds is 4. The van der Waals surface area contributed by atoms with Gasteiger partial charge in [-0.25, -0.2) is 9.78 Å². The fourth-order valence-electron chi connectivity index (χ4n) is 2.13. The van der Waals surface area contributed by atoms with Crippen LogP contribution in [-0.2, 0) is 6.54 Å². The molecule has 19 heavy (non-hydrogen) atoms. The number of nitrogens with one attached hydrogen (secondary N) is 2. The van der Waals surface area contributed by atoms with E-state index in [-0.39, 0.29) is 24.6 Å². The van der Waals surface area contributed by atoms with Crippen molar-refractivity contribution < 1.29 is 9.90 Å². The van der Waals surface area contributed by atoms with E-state index in [0.717, 1.165) is 22.0 Å². The Balaban J connectivity index is 1.76. The van der Waals surface area contributed by atoms with Crippen LogP contribution in [0.4, 0.5) is 4.79 Å². The maximum atomic E-state index is 11.8. The molecule has 1 aromatic heterocycles. The Morgan fingerprint density at radius 2 is 2.32 bits per heavy atom. The van der Waals surface area contributed by atoms with Gasteiger partial charge in [-0.2, -0.15) is 0 Å². The zero-order chi connectivity index (χ0) is 13.8. The average molecular weight is 281 g/mol. The van der Waals surface area contributed by atoms with Crippen molar-refractivity contribution >= 4 is 17.4 Å². The first-order chi connectivity index (χ1) is 9.08. The molecule has 0 aromatic carbocycles. The highest BCUT2D eigenvalue weighted by Crippen LogP contribution is 2.18. The molecular formula is C13H19N3O2S. The van der Waals surface area contributed by atoms with Crippen molar-refractivity contribution in [3.8, 4) is 0 Å². The van der Waals surface area contributed by atoms with Gasteiger partial charge in [-0.05, 0) is 20.3 Å². The van der Waals surface area contributed by atoms with Gasteiger partial charge in [-0.1, -0.05) is 12.2 Å². The van der Waals surface area contributed by atoms with Crippen LogP contribution in [0.1, 0.15) is 22.0 Å². The predicted octanol–water partition coefficient (Wildman–Crippen LogP) is 1.50. The molecule has 0 bridgehead atoms. The second kappa shape index (κ2) is 6.16. The fraction of sp³-hybridized carbons (Fsp3) is 0.538. The van der Waals surface area contributed by atoms with Crippen molar-refractivity contribution in [3.05, 3.63) is 27.7 Å². The van der Waals surface area contributed by atoms with Gasteiger partial charge < -0.3 is 15.7 Å². The summed E-state index contributed by atoms with van der Waals surface area (Å²) in [5.41, 5.74) is 0.976. The van der Waals surface area contributed by atoms with Crippen LogP contribution in [0.15, 0.2) is 12.2 Å². The van der Waals surface area contributed by atoms with Crippen molar-refractivity contribution in [1.82, 2.24) is 15.6 Å². The van der Waals surface area contributed by atoms with Crippen molar-refractivity contribution in [2.24, 2.45) is 5.92 Å². The highest BCUT2D eigenvalue weighted by atomic mass is 32.1. The van der Waals surface area contributed by atoms with Crippen LogP contribution >= 0.6 is 11.3 Å². The van der Waals surface area contributed by atoms with Crippen molar-refractivity contribution in [3.63, 3.8) is 0 Å². The van der Waals surface area contributed by atoms with Crippen LogP contribution < -0.4 is 10.6 Å². The summed E-state index contributed by atoms with van der Waals surface area (Å²) in [4.78, 5) is 17.2. The molecule has 2 amide bonds. The Hall–Kier alpha value is -1.40. The van der Waals surface area contributed by atoms with Crippen LogP contribution in [0.3, 0.4) is 0 Å². The third kappa shape index (κ3) is 3.78. The van der Waals surface area contributed by atoms with Gasteiger partial charge in [0, 0.05) is 23.4 Å². The van der Waals surface area contributed by atoms with E-state index in [1.54, 1.807) is 11.3 Å². The topological polar surface area (TPSA) is 74.2 Å². The lowest BCUT2D eigenvalue weighted by Crippen LogP contribution is -2.40. The summed E-state index contributed by atoms with van der Waals surface area (Å²) in [5, 5.41) is 15.7. The van der Waals surface area contributed by atoms with E-state index in [4.69, 9.17) is 5.11 Å². The largest absolute Gasteiger partial charge is 0.396 e. The molecule has 0 unspecified atom stereocenters. The number of carbonyl (C=O) groups is 1.